The minimum atomic E-state index is -0.926. The number of carbonyl (C=O) groups excluding carboxylic acids is 1. The molecule has 120 valence electrons. The fourth-order valence-electron chi connectivity index (χ4n) is 2.44. The quantitative estimate of drug-likeness (QED) is 0.916. The molecule has 0 atom stereocenters. The molecular weight excluding hydrogens is 280 g/mol. The number of aromatic nitrogens is 3. The van der Waals surface area contributed by atoms with Crippen LogP contribution < -0.4 is 0 Å². The van der Waals surface area contributed by atoms with Gasteiger partial charge in [0.25, 0.3) is 5.91 Å². The van der Waals surface area contributed by atoms with Crippen LogP contribution in [0.25, 0.3) is 11.0 Å². The monoisotopic (exact) mass is 304 g/mol. The van der Waals surface area contributed by atoms with Gasteiger partial charge in [-0.3, -0.25) is 4.79 Å². The molecule has 0 radical (unpaired) electrons. The van der Waals surface area contributed by atoms with Gasteiger partial charge in [0.2, 0.25) is 0 Å². The molecule has 0 fully saturated rings. The number of hydrogen-bond acceptors (Lipinski definition) is 4. The standard InChI is InChI=1S/C16H24N4O2/c1-11(2)9-20-14-12(8-18-20)6-13(7-17-14)15(21)19(5)10-16(3,4)22/h6-8,11,22H,9-10H2,1-5H3. The van der Waals surface area contributed by atoms with Crippen LogP contribution in [0.3, 0.4) is 0 Å². The molecule has 0 saturated carbocycles. The molecule has 2 aromatic heterocycles. The van der Waals surface area contributed by atoms with Crippen molar-refractivity contribution in [2.75, 3.05) is 13.6 Å². The van der Waals surface area contributed by atoms with E-state index >= 15 is 0 Å². The Morgan fingerprint density at radius 3 is 2.68 bits per heavy atom. The van der Waals surface area contributed by atoms with Crippen LogP contribution in [-0.2, 0) is 6.54 Å². The van der Waals surface area contributed by atoms with E-state index in [0.29, 0.717) is 11.5 Å². The van der Waals surface area contributed by atoms with E-state index in [0.717, 1.165) is 17.6 Å². The Labute approximate surface area is 130 Å². The summed E-state index contributed by atoms with van der Waals surface area (Å²) in [6.07, 6.45) is 3.31. The topological polar surface area (TPSA) is 71.2 Å². The van der Waals surface area contributed by atoms with E-state index in [-0.39, 0.29) is 12.5 Å². The Hall–Kier alpha value is -1.95. The summed E-state index contributed by atoms with van der Waals surface area (Å²) >= 11 is 0. The lowest BCUT2D eigenvalue weighted by atomic mass is 10.1. The molecular formula is C16H24N4O2. The van der Waals surface area contributed by atoms with Gasteiger partial charge in [-0.15, -0.1) is 0 Å². The van der Waals surface area contributed by atoms with Crippen molar-refractivity contribution in [3.05, 3.63) is 24.0 Å². The molecule has 0 bridgehead atoms. The van der Waals surface area contributed by atoms with E-state index in [1.807, 2.05) is 4.68 Å². The lowest BCUT2D eigenvalue weighted by molar-refractivity contribution is 0.0368. The third kappa shape index (κ3) is 3.82. The van der Waals surface area contributed by atoms with Crippen molar-refractivity contribution in [2.45, 2.75) is 39.8 Å². The first-order valence-corrected chi connectivity index (χ1v) is 7.47. The zero-order valence-corrected chi connectivity index (χ0v) is 13.9. The van der Waals surface area contributed by atoms with Crippen LogP contribution in [0, 0.1) is 5.92 Å². The Morgan fingerprint density at radius 2 is 2.09 bits per heavy atom. The molecule has 1 N–H and O–H groups in total. The highest BCUT2D eigenvalue weighted by Crippen LogP contribution is 2.16. The highest BCUT2D eigenvalue weighted by atomic mass is 16.3. The van der Waals surface area contributed by atoms with E-state index < -0.39 is 5.60 Å². The fourth-order valence-corrected chi connectivity index (χ4v) is 2.44. The van der Waals surface area contributed by atoms with Gasteiger partial charge in [0.05, 0.1) is 17.4 Å². The number of fused-ring (bicyclic) bond motifs is 1. The Morgan fingerprint density at radius 1 is 1.41 bits per heavy atom. The minimum absolute atomic E-state index is 0.159. The van der Waals surface area contributed by atoms with Crippen molar-refractivity contribution in [1.82, 2.24) is 19.7 Å². The minimum Gasteiger partial charge on any atom is -0.389 e. The van der Waals surface area contributed by atoms with Crippen LogP contribution in [0.2, 0.25) is 0 Å². The molecule has 0 aliphatic rings. The number of likely N-dealkylation sites (N-methyl/N-ethyl adjacent to an activating group) is 1. The summed E-state index contributed by atoms with van der Waals surface area (Å²) < 4.78 is 1.86. The number of hydrogen-bond donors (Lipinski definition) is 1. The number of nitrogens with zero attached hydrogens (tertiary/aromatic N) is 4. The Balaban J connectivity index is 2.24. The molecule has 6 nitrogen and oxygen atoms in total. The van der Waals surface area contributed by atoms with Crippen LogP contribution in [0.5, 0.6) is 0 Å². The van der Waals surface area contributed by atoms with Gasteiger partial charge >= 0.3 is 0 Å². The number of pyridine rings is 1. The van der Waals surface area contributed by atoms with Gasteiger partial charge in [0.15, 0.2) is 5.65 Å². The molecule has 6 heteroatoms. The average molecular weight is 304 g/mol. The van der Waals surface area contributed by atoms with Crippen molar-refractivity contribution < 1.29 is 9.90 Å². The summed E-state index contributed by atoms with van der Waals surface area (Å²) in [4.78, 5) is 18.3. The lowest BCUT2D eigenvalue weighted by Crippen LogP contribution is -2.39. The van der Waals surface area contributed by atoms with E-state index in [4.69, 9.17) is 0 Å². The Kier molecular flexibility index (Phi) is 4.51. The van der Waals surface area contributed by atoms with E-state index in [9.17, 15) is 9.90 Å². The number of amides is 1. The molecule has 0 aliphatic heterocycles. The van der Waals surface area contributed by atoms with Crippen LogP contribution in [0.15, 0.2) is 18.5 Å². The number of carbonyl (C=O) groups is 1. The molecule has 0 unspecified atom stereocenters. The van der Waals surface area contributed by atoms with Crippen LogP contribution in [-0.4, -0.2) is 49.9 Å². The Bertz CT molecular complexity index is 670. The number of rotatable bonds is 5. The first-order chi connectivity index (χ1) is 10.2. The lowest BCUT2D eigenvalue weighted by Gasteiger charge is -2.25. The van der Waals surface area contributed by atoms with Gasteiger partial charge < -0.3 is 10.0 Å². The maximum atomic E-state index is 12.4. The molecule has 0 aliphatic carbocycles. The van der Waals surface area contributed by atoms with Gasteiger partial charge in [-0.05, 0) is 25.8 Å². The second kappa shape index (κ2) is 6.04. The summed E-state index contributed by atoms with van der Waals surface area (Å²) in [6.45, 7) is 8.65. The van der Waals surface area contributed by atoms with Crippen LogP contribution in [0.1, 0.15) is 38.1 Å². The normalized spacial score (nSPS) is 12.1. The second-order valence-corrected chi connectivity index (χ2v) is 6.83. The van der Waals surface area contributed by atoms with Gasteiger partial charge in [-0.1, -0.05) is 13.8 Å². The predicted molar refractivity (Wildman–Crippen MR) is 85.6 cm³/mol. The molecule has 0 spiro atoms. The number of aliphatic hydroxyl groups is 1. The first-order valence-electron chi connectivity index (χ1n) is 7.47. The maximum absolute atomic E-state index is 12.4. The van der Waals surface area contributed by atoms with E-state index in [1.165, 1.54) is 4.90 Å². The highest BCUT2D eigenvalue weighted by Gasteiger charge is 2.21. The summed E-state index contributed by atoms with van der Waals surface area (Å²) in [5.41, 5.74) is 0.364. The van der Waals surface area contributed by atoms with Crippen molar-refractivity contribution in [2.24, 2.45) is 5.92 Å². The van der Waals surface area contributed by atoms with Gasteiger partial charge in [0, 0.05) is 31.7 Å². The van der Waals surface area contributed by atoms with Gasteiger partial charge in [-0.25, -0.2) is 9.67 Å². The largest absolute Gasteiger partial charge is 0.389 e. The third-order valence-electron chi connectivity index (χ3n) is 3.23. The zero-order valence-electron chi connectivity index (χ0n) is 13.9. The third-order valence-corrected chi connectivity index (χ3v) is 3.23. The second-order valence-electron chi connectivity index (χ2n) is 6.83. The van der Waals surface area contributed by atoms with Gasteiger partial charge in [0.1, 0.15) is 0 Å². The summed E-state index contributed by atoms with van der Waals surface area (Å²) in [6, 6.07) is 1.80. The first kappa shape index (κ1) is 16.4. The molecule has 2 rings (SSSR count). The van der Waals surface area contributed by atoms with Crippen molar-refractivity contribution in [3.8, 4) is 0 Å². The van der Waals surface area contributed by atoms with E-state index in [2.05, 4.69) is 23.9 Å². The van der Waals surface area contributed by atoms with Crippen LogP contribution >= 0.6 is 0 Å². The highest BCUT2D eigenvalue weighted by molar-refractivity contribution is 5.96. The smallest absolute Gasteiger partial charge is 0.255 e. The molecule has 2 heterocycles. The summed E-state index contributed by atoms with van der Waals surface area (Å²) in [7, 11) is 1.67. The van der Waals surface area contributed by atoms with Crippen molar-refractivity contribution in [1.29, 1.82) is 0 Å². The molecule has 0 aromatic carbocycles. The van der Waals surface area contributed by atoms with Crippen LogP contribution in [0.4, 0.5) is 0 Å². The molecule has 1 amide bonds. The zero-order chi connectivity index (χ0) is 16.5. The molecule has 22 heavy (non-hydrogen) atoms. The van der Waals surface area contributed by atoms with Crippen molar-refractivity contribution >= 4 is 16.9 Å². The summed E-state index contributed by atoms with van der Waals surface area (Å²) in [5, 5.41) is 15.0. The predicted octanol–water partition coefficient (Wildman–Crippen LogP) is 1.93. The van der Waals surface area contributed by atoms with E-state index in [1.54, 1.807) is 39.4 Å². The van der Waals surface area contributed by atoms with Crippen molar-refractivity contribution in [3.63, 3.8) is 0 Å². The fraction of sp³-hybridized carbons (Fsp3) is 0.562. The molecule has 2 aromatic rings. The SMILES string of the molecule is CC(C)Cn1ncc2cc(C(=O)N(C)CC(C)(C)O)cnc21. The maximum Gasteiger partial charge on any atom is 0.255 e. The molecule has 0 saturated heterocycles. The summed E-state index contributed by atoms with van der Waals surface area (Å²) in [5.74, 6) is 0.317. The van der Waals surface area contributed by atoms with Gasteiger partial charge in [-0.2, -0.15) is 5.10 Å². The average Bonchev–Trinajstić information content (AvgIpc) is 2.77.